The van der Waals surface area contributed by atoms with Crippen LogP contribution in [0, 0.1) is 0 Å². The Morgan fingerprint density at radius 2 is 2.00 bits per heavy atom. The quantitative estimate of drug-likeness (QED) is 0.652. The number of likely N-dealkylation sites (tertiary alicyclic amines) is 1. The van der Waals surface area contributed by atoms with Gasteiger partial charge >= 0.3 is 5.97 Å². The fraction of sp³-hybridized carbons (Fsp3) is 0.778. The topological polar surface area (TPSA) is 69.6 Å². The summed E-state index contributed by atoms with van der Waals surface area (Å²) in [7, 11) is 1.61. The molecule has 1 atom stereocenters. The molecule has 1 aliphatic rings. The van der Waals surface area contributed by atoms with Gasteiger partial charge in [0.15, 0.2) is 0 Å². The monoisotopic (exact) mass is 200 g/mol. The number of carbonyl (C=O) groups is 2. The van der Waals surface area contributed by atoms with Crippen LogP contribution in [0.5, 0.6) is 0 Å². The van der Waals surface area contributed by atoms with Gasteiger partial charge in [-0.15, -0.1) is 0 Å². The lowest BCUT2D eigenvalue weighted by molar-refractivity contribution is -0.142. The Hall–Kier alpha value is -1.10. The number of carbonyl (C=O) groups excluding carboxylic acids is 1. The summed E-state index contributed by atoms with van der Waals surface area (Å²) in [6.07, 6.45) is 1.90. The van der Waals surface area contributed by atoms with Gasteiger partial charge in [-0.1, -0.05) is 0 Å². The predicted molar refractivity (Wildman–Crippen MR) is 50.9 cm³/mol. The molecule has 0 aromatic rings. The second-order valence-corrected chi connectivity index (χ2v) is 3.47. The van der Waals surface area contributed by atoms with Gasteiger partial charge in [-0.05, 0) is 19.9 Å². The second kappa shape index (κ2) is 4.95. The van der Waals surface area contributed by atoms with Gasteiger partial charge in [0.25, 0.3) is 0 Å². The first-order chi connectivity index (χ1) is 6.65. The van der Waals surface area contributed by atoms with Crippen LogP contribution in [0.4, 0.5) is 0 Å². The molecular weight excluding hydrogens is 184 g/mol. The lowest BCUT2D eigenvalue weighted by Crippen LogP contribution is -2.45. The van der Waals surface area contributed by atoms with Crippen molar-refractivity contribution in [3.05, 3.63) is 0 Å². The maximum absolute atomic E-state index is 11.7. The highest BCUT2D eigenvalue weighted by Crippen LogP contribution is 2.10. The van der Waals surface area contributed by atoms with Crippen molar-refractivity contribution in [3.8, 4) is 0 Å². The molecule has 1 saturated heterocycles. The van der Waals surface area contributed by atoms with E-state index in [1.54, 1.807) is 11.9 Å². The van der Waals surface area contributed by atoms with Crippen LogP contribution in [-0.2, 0) is 9.59 Å². The molecule has 0 bridgehead atoms. The van der Waals surface area contributed by atoms with Crippen LogP contribution in [0.1, 0.15) is 19.3 Å². The first-order valence-corrected chi connectivity index (χ1v) is 4.83. The molecule has 0 aromatic carbocycles. The first kappa shape index (κ1) is 11.0. The molecule has 1 fully saturated rings. The Bertz CT molecular complexity index is 224. The summed E-state index contributed by atoms with van der Waals surface area (Å²) in [6, 6.07) is -0.578. The molecule has 1 amide bonds. The minimum atomic E-state index is -0.947. The molecule has 0 spiro atoms. The minimum Gasteiger partial charge on any atom is -0.481 e. The smallest absolute Gasteiger partial charge is 0.305 e. The molecule has 0 aromatic heterocycles. The molecule has 2 N–H and O–H groups in total. The van der Waals surface area contributed by atoms with E-state index in [2.05, 4.69) is 5.32 Å². The van der Waals surface area contributed by atoms with E-state index in [1.807, 2.05) is 0 Å². The zero-order valence-corrected chi connectivity index (χ0v) is 8.32. The Kier molecular flexibility index (Phi) is 3.88. The molecule has 80 valence electrons. The van der Waals surface area contributed by atoms with E-state index in [-0.39, 0.29) is 12.3 Å². The Morgan fingerprint density at radius 3 is 2.43 bits per heavy atom. The number of carboxylic acid groups (broad SMARTS) is 1. The van der Waals surface area contributed by atoms with Gasteiger partial charge in [-0.3, -0.25) is 9.59 Å². The highest BCUT2D eigenvalue weighted by Gasteiger charge is 2.26. The highest BCUT2D eigenvalue weighted by atomic mass is 16.4. The number of amides is 1. The summed E-state index contributed by atoms with van der Waals surface area (Å²) >= 11 is 0. The Morgan fingerprint density at radius 1 is 1.43 bits per heavy atom. The molecule has 0 saturated carbocycles. The van der Waals surface area contributed by atoms with E-state index >= 15 is 0 Å². The molecule has 0 aliphatic carbocycles. The van der Waals surface area contributed by atoms with E-state index in [0.717, 1.165) is 25.9 Å². The zero-order chi connectivity index (χ0) is 10.6. The number of aliphatic carboxylic acids is 1. The normalized spacial score (nSPS) is 18.2. The lowest BCUT2D eigenvalue weighted by Gasteiger charge is -2.21. The van der Waals surface area contributed by atoms with Crippen LogP contribution in [0.15, 0.2) is 0 Å². The number of hydrogen-bond donors (Lipinski definition) is 2. The maximum Gasteiger partial charge on any atom is 0.305 e. The Labute approximate surface area is 83.1 Å². The summed E-state index contributed by atoms with van der Waals surface area (Å²) in [5, 5.41) is 11.3. The first-order valence-electron chi connectivity index (χ1n) is 4.83. The molecule has 0 radical (unpaired) electrons. The summed E-state index contributed by atoms with van der Waals surface area (Å²) in [6.45, 7) is 1.52. The zero-order valence-electron chi connectivity index (χ0n) is 8.32. The van der Waals surface area contributed by atoms with Gasteiger partial charge < -0.3 is 15.3 Å². The van der Waals surface area contributed by atoms with Crippen molar-refractivity contribution in [2.24, 2.45) is 0 Å². The molecule has 14 heavy (non-hydrogen) atoms. The molecule has 1 rings (SSSR count). The molecular formula is C9H16N2O3. The van der Waals surface area contributed by atoms with E-state index in [4.69, 9.17) is 5.11 Å². The van der Waals surface area contributed by atoms with Crippen LogP contribution in [-0.4, -0.2) is 48.1 Å². The summed E-state index contributed by atoms with van der Waals surface area (Å²) in [4.78, 5) is 23.9. The third-order valence-corrected chi connectivity index (χ3v) is 2.44. The third-order valence-electron chi connectivity index (χ3n) is 2.44. The average molecular weight is 200 g/mol. The van der Waals surface area contributed by atoms with Gasteiger partial charge in [-0.2, -0.15) is 0 Å². The fourth-order valence-corrected chi connectivity index (χ4v) is 1.65. The van der Waals surface area contributed by atoms with Gasteiger partial charge in [-0.25, -0.2) is 0 Å². The second-order valence-electron chi connectivity index (χ2n) is 3.47. The third kappa shape index (κ3) is 2.70. The van der Waals surface area contributed by atoms with Crippen molar-refractivity contribution in [2.45, 2.75) is 25.3 Å². The van der Waals surface area contributed by atoms with E-state index in [1.165, 1.54) is 0 Å². The summed E-state index contributed by atoms with van der Waals surface area (Å²) in [5.41, 5.74) is 0. The number of nitrogens with one attached hydrogen (secondary N) is 1. The number of carboxylic acids is 1. The van der Waals surface area contributed by atoms with E-state index in [9.17, 15) is 9.59 Å². The van der Waals surface area contributed by atoms with E-state index < -0.39 is 12.0 Å². The molecule has 1 heterocycles. The van der Waals surface area contributed by atoms with Crippen molar-refractivity contribution in [1.82, 2.24) is 10.2 Å². The van der Waals surface area contributed by atoms with Gasteiger partial charge in [0.1, 0.15) is 0 Å². The van der Waals surface area contributed by atoms with Crippen molar-refractivity contribution < 1.29 is 14.7 Å². The molecule has 1 aliphatic heterocycles. The van der Waals surface area contributed by atoms with Crippen molar-refractivity contribution in [1.29, 1.82) is 0 Å². The van der Waals surface area contributed by atoms with Crippen LogP contribution in [0.2, 0.25) is 0 Å². The molecule has 0 unspecified atom stereocenters. The predicted octanol–water partition coefficient (Wildman–Crippen LogP) is -0.328. The number of nitrogens with zero attached hydrogens (tertiary/aromatic N) is 1. The number of rotatable bonds is 4. The van der Waals surface area contributed by atoms with Gasteiger partial charge in [0, 0.05) is 13.1 Å². The molecule has 5 heteroatoms. The van der Waals surface area contributed by atoms with Gasteiger partial charge in [0.05, 0.1) is 12.5 Å². The summed E-state index contributed by atoms with van der Waals surface area (Å²) < 4.78 is 0. The largest absolute Gasteiger partial charge is 0.481 e. The van der Waals surface area contributed by atoms with Crippen molar-refractivity contribution >= 4 is 11.9 Å². The van der Waals surface area contributed by atoms with Gasteiger partial charge in [0.2, 0.25) is 5.91 Å². The van der Waals surface area contributed by atoms with Crippen LogP contribution < -0.4 is 5.32 Å². The van der Waals surface area contributed by atoms with E-state index in [0.29, 0.717) is 0 Å². The summed E-state index contributed by atoms with van der Waals surface area (Å²) in [5.74, 6) is -1.04. The maximum atomic E-state index is 11.7. The SMILES string of the molecule is CN[C@@H](CC(=O)O)C(=O)N1CCCC1. The van der Waals surface area contributed by atoms with Crippen LogP contribution in [0.3, 0.4) is 0 Å². The Balaban J connectivity index is 2.50. The van der Waals surface area contributed by atoms with Crippen LogP contribution >= 0.6 is 0 Å². The number of likely N-dealkylation sites (N-methyl/N-ethyl adjacent to an activating group) is 1. The lowest BCUT2D eigenvalue weighted by atomic mass is 10.2. The van der Waals surface area contributed by atoms with Crippen LogP contribution in [0.25, 0.3) is 0 Å². The standard InChI is InChI=1S/C9H16N2O3/c1-10-7(6-8(12)13)9(14)11-4-2-3-5-11/h7,10H,2-6H2,1H3,(H,12,13)/t7-/m0/s1. The highest BCUT2D eigenvalue weighted by molar-refractivity contribution is 5.86. The van der Waals surface area contributed by atoms with Crippen molar-refractivity contribution in [3.63, 3.8) is 0 Å². The molecule has 5 nitrogen and oxygen atoms in total. The number of hydrogen-bond acceptors (Lipinski definition) is 3. The minimum absolute atomic E-state index is 0.0904. The van der Waals surface area contributed by atoms with Crippen molar-refractivity contribution in [2.75, 3.05) is 20.1 Å². The average Bonchev–Trinajstić information content (AvgIpc) is 2.65. The fourth-order valence-electron chi connectivity index (χ4n) is 1.65.